The molecule has 1 atom stereocenters. The van der Waals surface area contributed by atoms with E-state index in [2.05, 4.69) is 35.6 Å². The molecule has 1 rings (SSSR count). The van der Waals surface area contributed by atoms with Gasteiger partial charge in [0.25, 0.3) is 0 Å². The summed E-state index contributed by atoms with van der Waals surface area (Å²) in [7, 11) is 0. The molecule has 0 aromatic carbocycles. The Morgan fingerprint density at radius 2 is 2.00 bits per heavy atom. The number of hydrogen-bond acceptors (Lipinski definition) is 4. The van der Waals surface area contributed by atoms with Crippen molar-refractivity contribution in [2.24, 2.45) is 5.92 Å². The van der Waals surface area contributed by atoms with E-state index in [0.29, 0.717) is 11.7 Å². The lowest BCUT2D eigenvalue weighted by Crippen LogP contribution is -2.29. The van der Waals surface area contributed by atoms with E-state index < -0.39 is 0 Å². The molecule has 0 amide bonds. The lowest BCUT2D eigenvalue weighted by atomic mass is 10.1. The summed E-state index contributed by atoms with van der Waals surface area (Å²) in [5, 5.41) is 0. The lowest BCUT2D eigenvalue weighted by molar-refractivity contribution is 0.545. The van der Waals surface area contributed by atoms with Gasteiger partial charge in [-0.15, -0.1) is 0 Å². The van der Waals surface area contributed by atoms with E-state index in [4.69, 9.17) is 5.73 Å². The first-order valence-corrected chi connectivity index (χ1v) is 5.50. The second-order valence-corrected chi connectivity index (χ2v) is 3.82. The number of nitrogens with zero attached hydrogens (tertiary/aromatic N) is 3. The largest absolute Gasteiger partial charge is 0.381 e. The number of rotatable bonds is 5. The highest BCUT2D eigenvalue weighted by atomic mass is 15.2. The van der Waals surface area contributed by atoms with Crippen molar-refractivity contribution in [2.75, 3.05) is 23.7 Å². The predicted molar refractivity (Wildman–Crippen MR) is 63.8 cm³/mol. The molecule has 1 aromatic rings. The molecule has 0 saturated heterocycles. The van der Waals surface area contributed by atoms with Crippen molar-refractivity contribution in [3.8, 4) is 0 Å². The van der Waals surface area contributed by atoms with E-state index in [1.807, 2.05) is 0 Å². The maximum Gasteiger partial charge on any atom is 0.171 e. The van der Waals surface area contributed by atoms with Gasteiger partial charge < -0.3 is 10.6 Å². The summed E-state index contributed by atoms with van der Waals surface area (Å²) in [6.07, 6.45) is 4.47. The molecule has 1 unspecified atom stereocenters. The Morgan fingerprint density at radius 3 is 2.53 bits per heavy atom. The summed E-state index contributed by atoms with van der Waals surface area (Å²) in [6, 6.07) is 0. The van der Waals surface area contributed by atoms with E-state index in [1.54, 1.807) is 12.4 Å². The molecule has 1 heterocycles. The first-order valence-electron chi connectivity index (χ1n) is 5.50. The van der Waals surface area contributed by atoms with Crippen molar-refractivity contribution >= 4 is 11.6 Å². The van der Waals surface area contributed by atoms with Crippen molar-refractivity contribution in [1.82, 2.24) is 9.97 Å². The van der Waals surface area contributed by atoms with Gasteiger partial charge in [-0.3, -0.25) is 0 Å². The van der Waals surface area contributed by atoms with Crippen LogP contribution in [0.2, 0.25) is 0 Å². The van der Waals surface area contributed by atoms with Crippen LogP contribution < -0.4 is 10.6 Å². The highest BCUT2D eigenvalue weighted by Gasteiger charge is 2.12. The Hall–Kier alpha value is -1.32. The van der Waals surface area contributed by atoms with Crippen LogP contribution in [-0.2, 0) is 0 Å². The molecule has 0 aliphatic heterocycles. The fourth-order valence-electron chi connectivity index (χ4n) is 1.46. The Kier molecular flexibility index (Phi) is 4.34. The minimum absolute atomic E-state index is 0.516. The van der Waals surface area contributed by atoms with Crippen LogP contribution in [0.25, 0.3) is 0 Å². The number of aromatic nitrogens is 2. The summed E-state index contributed by atoms with van der Waals surface area (Å²) >= 11 is 0. The summed E-state index contributed by atoms with van der Waals surface area (Å²) in [4.78, 5) is 10.5. The quantitative estimate of drug-likeness (QED) is 0.803. The highest BCUT2D eigenvalue weighted by Crippen LogP contribution is 2.18. The van der Waals surface area contributed by atoms with Crippen LogP contribution >= 0.6 is 0 Å². The molecule has 2 N–H and O–H groups in total. The topological polar surface area (TPSA) is 55.0 Å². The maximum absolute atomic E-state index is 5.80. The van der Waals surface area contributed by atoms with Crippen LogP contribution in [0.1, 0.15) is 27.2 Å². The molecule has 0 aliphatic carbocycles. The van der Waals surface area contributed by atoms with Gasteiger partial charge in [-0.05, 0) is 12.8 Å². The van der Waals surface area contributed by atoms with Gasteiger partial charge in [0.05, 0.1) is 0 Å². The van der Waals surface area contributed by atoms with E-state index >= 15 is 0 Å². The molecule has 1 aromatic heterocycles. The van der Waals surface area contributed by atoms with Crippen molar-refractivity contribution in [1.29, 1.82) is 0 Å². The highest BCUT2D eigenvalue weighted by molar-refractivity contribution is 5.57. The first kappa shape index (κ1) is 11.8. The van der Waals surface area contributed by atoms with Crippen molar-refractivity contribution in [3.05, 3.63) is 12.4 Å². The number of hydrogen-bond donors (Lipinski definition) is 1. The second-order valence-electron chi connectivity index (χ2n) is 3.82. The normalized spacial score (nSPS) is 12.5. The number of nitrogens with two attached hydrogens (primary N) is 1. The van der Waals surface area contributed by atoms with Gasteiger partial charge in [0.2, 0.25) is 0 Å². The van der Waals surface area contributed by atoms with Crippen LogP contribution in [0, 0.1) is 5.92 Å². The van der Waals surface area contributed by atoms with Crippen LogP contribution in [0.5, 0.6) is 0 Å². The zero-order valence-electron chi connectivity index (χ0n) is 9.77. The Labute approximate surface area is 91.5 Å². The van der Waals surface area contributed by atoms with Crippen LogP contribution in [0.4, 0.5) is 11.6 Å². The first-order chi connectivity index (χ1) is 7.19. The lowest BCUT2D eigenvalue weighted by Gasteiger charge is -2.25. The average Bonchev–Trinajstić information content (AvgIpc) is 2.26. The molecule has 0 bridgehead atoms. The molecular weight excluding hydrogens is 188 g/mol. The number of nitrogen functional groups attached to an aromatic ring is 1. The Balaban J connectivity index is 2.78. The Bertz CT molecular complexity index is 300. The van der Waals surface area contributed by atoms with Gasteiger partial charge in [-0.25, -0.2) is 9.97 Å². The predicted octanol–water partition coefficient (Wildman–Crippen LogP) is 1.93. The minimum Gasteiger partial charge on any atom is -0.381 e. The van der Waals surface area contributed by atoms with Gasteiger partial charge in [0, 0.05) is 25.5 Å². The van der Waals surface area contributed by atoms with Gasteiger partial charge in [-0.1, -0.05) is 20.3 Å². The fourth-order valence-corrected chi connectivity index (χ4v) is 1.46. The molecule has 4 heteroatoms. The standard InChI is InChI=1S/C11H20N4/c1-4-9(3)8-15(5-2)11-10(12)13-6-7-14-11/h6-7,9H,4-5,8H2,1-3H3,(H2,12,13). The third-order valence-corrected chi connectivity index (χ3v) is 2.62. The Morgan fingerprint density at radius 1 is 1.33 bits per heavy atom. The van der Waals surface area contributed by atoms with Crippen molar-refractivity contribution in [2.45, 2.75) is 27.2 Å². The monoisotopic (exact) mass is 208 g/mol. The van der Waals surface area contributed by atoms with E-state index in [1.165, 1.54) is 0 Å². The molecule has 0 aliphatic rings. The molecule has 15 heavy (non-hydrogen) atoms. The van der Waals surface area contributed by atoms with Crippen molar-refractivity contribution < 1.29 is 0 Å². The van der Waals surface area contributed by atoms with Crippen LogP contribution in [-0.4, -0.2) is 23.1 Å². The van der Waals surface area contributed by atoms with Gasteiger partial charge in [-0.2, -0.15) is 0 Å². The second kappa shape index (κ2) is 5.53. The average molecular weight is 208 g/mol. The molecule has 0 fully saturated rings. The van der Waals surface area contributed by atoms with E-state index in [9.17, 15) is 0 Å². The zero-order valence-corrected chi connectivity index (χ0v) is 9.77. The zero-order chi connectivity index (χ0) is 11.3. The summed E-state index contributed by atoms with van der Waals surface area (Å²) in [5.41, 5.74) is 5.80. The van der Waals surface area contributed by atoms with Crippen LogP contribution in [0.15, 0.2) is 12.4 Å². The molecule has 0 saturated carbocycles. The maximum atomic E-state index is 5.80. The third-order valence-electron chi connectivity index (χ3n) is 2.62. The van der Waals surface area contributed by atoms with Gasteiger partial charge in [0.15, 0.2) is 11.6 Å². The molecule has 0 radical (unpaired) electrons. The molecular formula is C11H20N4. The molecule has 84 valence electrons. The number of anilines is 2. The van der Waals surface area contributed by atoms with Gasteiger partial charge in [0.1, 0.15) is 0 Å². The summed E-state index contributed by atoms with van der Waals surface area (Å²) in [5.74, 6) is 1.97. The summed E-state index contributed by atoms with van der Waals surface area (Å²) in [6.45, 7) is 8.42. The molecule has 4 nitrogen and oxygen atoms in total. The van der Waals surface area contributed by atoms with Gasteiger partial charge >= 0.3 is 0 Å². The fraction of sp³-hybridized carbons (Fsp3) is 0.636. The third kappa shape index (κ3) is 3.08. The minimum atomic E-state index is 0.516. The van der Waals surface area contributed by atoms with Crippen LogP contribution in [0.3, 0.4) is 0 Å². The van der Waals surface area contributed by atoms with E-state index in [0.717, 1.165) is 25.3 Å². The SMILES string of the molecule is CCC(C)CN(CC)c1nccnc1N. The van der Waals surface area contributed by atoms with E-state index in [-0.39, 0.29) is 0 Å². The van der Waals surface area contributed by atoms with Crippen molar-refractivity contribution in [3.63, 3.8) is 0 Å². The summed E-state index contributed by atoms with van der Waals surface area (Å²) < 4.78 is 0. The molecule has 0 spiro atoms. The smallest absolute Gasteiger partial charge is 0.171 e.